The number of hydrogen-bond donors (Lipinski definition) is 1. The second kappa shape index (κ2) is 1.80. The fraction of sp³-hybridized carbons (Fsp3) is 1.00. The number of β-amino-alcohol motifs (C(OH)–C–C–N with tert-alkyl or cyclic N) is 1. The molecule has 1 saturated heterocycles. The van der Waals surface area contributed by atoms with E-state index in [4.69, 9.17) is 5.11 Å². The smallest absolute Gasteiger partial charge is 0.148 e. The van der Waals surface area contributed by atoms with Gasteiger partial charge in [0.1, 0.15) is 26.2 Å². The van der Waals surface area contributed by atoms with Crippen molar-refractivity contribution in [3.05, 3.63) is 0 Å². The van der Waals surface area contributed by atoms with Crippen molar-refractivity contribution in [2.45, 2.75) is 12.5 Å². The summed E-state index contributed by atoms with van der Waals surface area (Å²) in [5, 5.41) is 8.86. The molecule has 0 aromatic heterocycles. The van der Waals surface area contributed by atoms with Crippen molar-refractivity contribution in [3.8, 4) is 0 Å². The zero-order valence-corrected chi connectivity index (χ0v) is 4.59. The molecule has 7 heavy (non-hydrogen) atoms. The largest absolute Gasteiger partial charge is 0.387 e. The van der Waals surface area contributed by atoms with Gasteiger partial charge in [0, 0.05) is 6.42 Å². The second-order valence-electron chi connectivity index (χ2n) is 2.20. The fourth-order valence-corrected chi connectivity index (χ4v) is 0.912. The van der Waals surface area contributed by atoms with E-state index in [1.54, 1.807) is 0 Å². The first-order valence-electron chi connectivity index (χ1n) is 2.65. The van der Waals surface area contributed by atoms with E-state index in [9.17, 15) is 0 Å². The molecular weight excluding hydrogens is 90.1 g/mol. The summed E-state index contributed by atoms with van der Waals surface area (Å²) in [5.74, 6) is 0. The van der Waals surface area contributed by atoms with E-state index in [2.05, 4.69) is 4.90 Å². The lowest BCUT2D eigenvalue weighted by atomic mass is 10.3. The summed E-state index contributed by atoms with van der Waals surface area (Å²) >= 11 is 0. The zero-order chi connectivity index (χ0) is 5.28. The normalized spacial score (nSPS) is 34.3. The quantitative estimate of drug-likeness (QED) is 0.410. The highest BCUT2D eigenvalue weighted by Gasteiger charge is 2.23. The summed E-state index contributed by atoms with van der Waals surface area (Å²) in [5.41, 5.74) is 0. The third-order valence-electron chi connectivity index (χ3n) is 1.37. The van der Waals surface area contributed by atoms with Crippen LogP contribution in [0.2, 0.25) is 0 Å². The monoisotopic (exact) mass is 101 g/mol. The van der Waals surface area contributed by atoms with E-state index in [1.165, 1.54) is 0 Å². The van der Waals surface area contributed by atoms with Gasteiger partial charge in [0.05, 0.1) is 0 Å². The molecule has 1 N–H and O–H groups in total. The molecule has 0 amide bonds. The molecule has 1 aliphatic heterocycles. The van der Waals surface area contributed by atoms with Crippen molar-refractivity contribution in [2.75, 3.05) is 20.1 Å². The molecule has 0 aromatic carbocycles. The van der Waals surface area contributed by atoms with Gasteiger partial charge in [-0.05, 0) is 0 Å². The van der Waals surface area contributed by atoms with Gasteiger partial charge in [0.15, 0.2) is 0 Å². The first kappa shape index (κ1) is 5.06. The van der Waals surface area contributed by atoms with Crippen LogP contribution in [-0.2, 0) is 0 Å². The number of aliphatic hydroxyl groups excluding tert-OH is 1. The molecule has 1 atom stereocenters. The summed E-state index contributed by atoms with van der Waals surface area (Å²) in [4.78, 5) is 2.13. The number of rotatable bonds is 0. The van der Waals surface area contributed by atoms with Crippen LogP contribution in [0, 0.1) is 0 Å². The van der Waals surface area contributed by atoms with Gasteiger partial charge in [-0.25, -0.2) is 0 Å². The van der Waals surface area contributed by atoms with Gasteiger partial charge in [-0.1, -0.05) is 0 Å². The molecular formula is C5H11NO+. The summed E-state index contributed by atoms with van der Waals surface area (Å²) < 4.78 is 0. The minimum absolute atomic E-state index is 0.0509. The minimum atomic E-state index is -0.0509. The Morgan fingerprint density at radius 2 is 2.43 bits per heavy atom. The molecule has 2 nitrogen and oxygen atoms in total. The standard InChI is InChI=1S/C5H11NO/c1-6-3-2-5(7)4-6/h5,7H,2-4H2,1H3/q+1. The van der Waals surface area contributed by atoms with Gasteiger partial charge < -0.3 is 5.11 Å². The van der Waals surface area contributed by atoms with E-state index >= 15 is 0 Å². The number of nitrogens with zero attached hydrogens (tertiary/aromatic N) is 1. The molecule has 1 heterocycles. The Hall–Kier alpha value is -0.0800. The highest BCUT2D eigenvalue weighted by molar-refractivity contribution is 4.74. The van der Waals surface area contributed by atoms with E-state index in [-0.39, 0.29) is 6.10 Å². The maximum Gasteiger partial charge on any atom is 0.148 e. The SMILES string of the molecule is C[N+]1CCC(O)C1. The Morgan fingerprint density at radius 3 is 2.57 bits per heavy atom. The van der Waals surface area contributed by atoms with Gasteiger partial charge >= 0.3 is 0 Å². The van der Waals surface area contributed by atoms with Gasteiger partial charge in [-0.15, -0.1) is 0 Å². The van der Waals surface area contributed by atoms with Crippen molar-refractivity contribution in [2.24, 2.45) is 0 Å². The number of aliphatic hydroxyl groups is 1. The number of likely N-dealkylation sites (N-methyl/N-ethyl adjacent to an activating group) is 1. The topological polar surface area (TPSA) is 26.1 Å². The van der Waals surface area contributed by atoms with Crippen molar-refractivity contribution >= 4 is 0 Å². The van der Waals surface area contributed by atoms with Crippen LogP contribution in [0.1, 0.15) is 6.42 Å². The van der Waals surface area contributed by atoms with Crippen LogP contribution in [0.5, 0.6) is 0 Å². The molecule has 0 aromatic rings. The summed E-state index contributed by atoms with van der Waals surface area (Å²) in [6.45, 7) is 1.92. The molecule has 1 radical (unpaired) electrons. The Kier molecular flexibility index (Phi) is 1.30. The van der Waals surface area contributed by atoms with Crippen LogP contribution in [0.25, 0.3) is 0 Å². The molecule has 1 aliphatic rings. The molecule has 2 heteroatoms. The second-order valence-corrected chi connectivity index (χ2v) is 2.20. The molecule has 0 saturated carbocycles. The lowest BCUT2D eigenvalue weighted by Gasteiger charge is -1.91. The highest BCUT2D eigenvalue weighted by atomic mass is 16.3. The lowest BCUT2D eigenvalue weighted by Crippen LogP contribution is -2.22. The summed E-state index contributed by atoms with van der Waals surface area (Å²) in [6, 6.07) is 0. The Bertz CT molecular complexity index is 57.1. The molecule has 1 unspecified atom stereocenters. The summed E-state index contributed by atoms with van der Waals surface area (Å²) in [7, 11) is 2.02. The van der Waals surface area contributed by atoms with Crippen LogP contribution in [0.4, 0.5) is 0 Å². The van der Waals surface area contributed by atoms with Crippen LogP contribution in [0.3, 0.4) is 0 Å². The number of hydrogen-bond acceptors (Lipinski definition) is 2. The minimum Gasteiger partial charge on any atom is -0.387 e. The number of likely N-dealkylation sites (tertiary alicyclic amines) is 1. The highest BCUT2D eigenvalue weighted by Crippen LogP contribution is 2.01. The Balaban J connectivity index is 2.26. The predicted octanol–water partition coefficient (Wildman–Crippen LogP) is -0.479. The maximum atomic E-state index is 8.86. The van der Waals surface area contributed by atoms with E-state index in [1.807, 2.05) is 7.05 Å². The average Bonchev–Trinajstić information content (AvgIpc) is 1.87. The van der Waals surface area contributed by atoms with Gasteiger partial charge in [-0.2, -0.15) is 4.90 Å². The van der Waals surface area contributed by atoms with Gasteiger partial charge in [0.2, 0.25) is 0 Å². The fourth-order valence-electron chi connectivity index (χ4n) is 0.912. The summed E-state index contributed by atoms with van der Waals surface area (Å²) in [6.07, 6.45) is 0.904. The van der Waals surface area contributed by atoms with Crippen LogP contribution >= 0.6 is 0 Å². The maximum absolute atomic E-state index is 8.86. The predicted molar refractivity (Wildman–Crippen MR) is 28.4 cm³/mol. The van der Waals surface area contributed by atoms with Crippen LogP contribution in [-0.4, -0.2) is 31.3 Å². The van der Waals surface area contributed by atoms with Gasteiger partial charge in [-0.3, -0.25) is 0 Å². The van der Waals surface area contributed by atoms with Crippen molar-refractivity contribution < 1.29 is 5.11 Å². The van der Waals surface area contributed by atoms with Crippen LogP contribution < -0.4 is 4.90 Å². The van der Waals surface area contributed by atoms with Crippen LogP contribution in [0.15, 0.2) is 0 Å². The first-order valence-corrected chi connectivity index (χ1v) is 2.65. The first-order chi connectivity index (χ1) is 3.29. The molecule has 0 bridgehead atoms. The van der Waals surface area contributed by atoms with Crippen molar-refractivity contribution in [1.29, 1.82) is 0 Å². The molecule has 1 rings (SSSR count). The molecule has 1 fully saturated rings. The lowest BCUT2D eigenvalue weighted by molar-refractivity contribution is 0.191. The van der Waals surface area contributed by atoms with E-state index in [0.29, 0.717) is 0 Å². The van der Waals surface area contributed by atoms with E-state index in [0.717, 1.165) is 19.5 Å². The molecule has 0 aliphatic carbocycles. The average molecular weight is 101 g/mol. The van der Waals surface area contributed by atoms with Gasteiger partial charge in [0.25, 0.3) is 0 Å². The Morgan fingerprint density at radius 1 is 1.71 bits per heavy atom. The van der Waals surface area contributed by atoms with Crippen molar-refractivity contribution in [1.82, 2.24) is 4.90 Å². The molecule has 41 valence electrons. The van der Waals surface area contributed by atoms with E-state index < -0.39 is 0 Å². The Labute approximate surface area is 43.7 Å². The van der Waals surface area contributed by atoms with Crippen molar-refractivity contribution in [3.63, 3.8) is 0 Å². The zero-order valence-electron chi connectivity index (χ0n) is 4.59. The molecule has 0 spiro atoms. The third kappa shape index (κ3) is 1.14. The third-order valence-corrected chi connectivity index (χ3v) is 1.37.